The monoisotopic (exact) mass is 272 g/mol. The summed E-state index contributed by atoms with van der Waals surface area (Å²) in [6, 6.07) is 3.88. The number of thiazole rings is 1. The van der Waals surface area contributed by atoms with Gasteiger partial charge < -0.3 is 0 Å². The minimum Gasteiger partial charge on any atom is -0.296 e. The van der Waals surface area contributed by atoms with E-state index in [9.17, 15) is 4.79 Å². The fourth-order valence-corrected chi connectivity index (χ4v) is 2.56. The number of aromatic nitrogens is 3. The van der Waals surface area contributed by atoms with E-state index in [1.54, 1.807) is 6.20 Å². The highest BCUT2D eigenvalue weighted by Crippen LogP contribution is 2.18. The molecule has 3 heterocycles. The summed E-state index contributed by atoms with van der Waals surface area (Å²) >= 11 is 1.39. The zero-order valence-corrected chi connectivity index (χ0v) is 11.4. The number of pyridine rings is 1. The maximum Gasteiger partial charge on any atom is 0.276 e. The van der Waals surface area contributed by atoms with E-state index in [-0.39, 0.29) is 5.91 Å². The molecule has 0 fully saturated rings. The molecule has 0 atom stereocenters. The quantitative estimate of drug-likeness (QED) is 0.780. The number of nitrogens with zero attached hydrogens (tertiary/aromatic N) is 3. The van der Waals surface area contributed by atoms with Gasteiger partial charge in [-0.1, -0.05) is 6.07 Å². The van der Waals surface area contributed by atoms with E-state index in [0.29, 0.717) is 16.5 Å². The van der Waals surface area contributed by atoms with Gasteiger partial charge in [0.1, 0.15) is 11.3 Å². The molecule has 0 aliphatic rings. The van der Waals surface area contributed by atoms with Gasteiger partial charge in [0.2, 0.25) is 0 Å². The van der Waals surface area contributed by atoms with Gasteiger partial charge >= 0.3 is 0 Å². The van der Waals surface area contributed by atoms with Crippen LogP contribution in [0.25, 0.3) is 5.65 Å². The summed E-state index contributed by atoms with van der Waals surface area (Å²) in [7, 11) is 0. The molecule has 0 saturated heterocycles. The van der Waals surface area contributed by atoms with Gasteiger partial charge in [-0.05, 0) is 25.5 Å². The third-order valence-corrected chi connectivity index (χ3v) is 3.58. The standard InChI is InChI=1S/C13H12N4OS/c1-8-4-3-6-17-10(9(2)15-11(8)17)12(18)16-13-14-5-7-19-13/h3-7H,1-2H3,(H,14,16,18). The van der Waals surface area contributed by atoms with E-state index < -0.39 is 0 Å². The number of aryl methyl sites for hydroxylation is 2. The summed E-state index contributed by atoms with van der Waals surface area (Å²) in [5.41, 5.74) is 3.11. The van der Waals surface area contributed by atoms with Gasteiger partial charge in [0.05, 0.1) is 5.69 Å². The highest BCUT2D eigenvalue weighted by molar-refractivity contribution is 7.13. The maximum atomic E-state index is 12.3. The number of anilines is 1. The zero-order chi connectivity index (χ0) is 13.4. The third-order valence-electron chi connectivity index (χ3n) is 2.89. The van der Waals surface area contributed by atoms with Gasteiger partial charge in [0, 0.05) is 17.8 Å². The van der Waals surface area contributed by atoms with Gasteiger partial charge in [-0.15, -0.1) is 11.3 Å². The van der Waals surface area contributed by atoms with Gasteiger partial charge in [0.25, 0.3) is 5.91 Å². The Hall–Kier alpha value is -2.21. The molecular formula is C13H12N4OS. The van der Waals surface area contributed by atoms with Crippen LogP contribution in [-0.2, 0) is 0 Å². The molecule has 96 valence electrons. The second kappa shape index (κ2) is 4.47. The smallest absolute Gasteiger partial charge is 0.276 e. The van der Waals surface area contributed by atoms with Crippen molar-refractivity contribution in [3.05, 3.63) is 46.9 Å². The van der Waals surface area contributed by atoms with Crippen LogP contribution in [0.3, 0.4) is 0 Å². The minimum absolute atomic E-state index is 0.189. The molecule has 0 unspecified atom stereocenters. The first-order chi connectivity index (χ1) is 9.16. The van der Waals surface area contributed by atoms with Crippen LogP contribution >= 0.6 is 11.3 Å². The van der Waals surface area contributed by atoms with Crippen LogP contribution < -0.4 is 5.32 Å². The van der Waals surface area contributed by atoms with Crippen LogP contribution in [0.2, 0.25) is 0 Å². The molecular weight excluding hydrogens is 260 g/mol. The molecule has 5 nitrogen and oxygen atoms in total. The lowest BCUT2D eigenvalue weighted by atomic mass is 10.3. The molecule has 0 aromatic carbocycles. The van der Waals surface area contributed by atoms with Crippen LogP contribution in [0.4, 0.5) is 5.13 Å². The Morgan fingerprint density at radius 1 is 1.42 bits per heavy atom. The zero-order valence-electron chi connectivity index (χ0n) is 10.5. The SMILES string of the molecule is Cc1nc2c(C)cccn2c1C(=O)Nc1nccs1. The number of hydrogen-bond acceptors (Lipinski definition) is 4. The Labute approximate surface area is 113 Å². The van der Waals surface area contributed by atoms with Crippen LogP contribution in [-0.4, -0.2) is 20.3 Å². The number of carbonyl (C=O) groups excluding carboxylic acids is 1. The molecule has 0 radical (unpaired) electrons. The number of amides is 1. The Kier molecular flexibility index (Phi) is 2.79. The van der Waals surface area contributed by atoms with E-state index in [1.165, 1.54) is 11.3 Å². The molecule has 3 aromatic rings. The van der Waals surface area contributed by atoms with Crippen molar-refractivity contribution in [1.29, 1.82) is 0 Å². The molecule has 0 spiro atoms. The first kappa shape index (κ1) is 11.9. The minimum atomic E-state index is -0.189. The van der Waals surface area contributed by atoms with Crippen LogP contribution in [0.15, 0.2) is 29.9 Å². The maximum absolute atomic E-state index is 12.3. The largest absolute Gasteiger partial charge is 0.296 e. The number of fused-ring (bicyclic) bond motifs is 1. The molecule has 6 heteroatoms. The summed E-state index contributed by atoms with van der Waals surface area (Å²) in [5, 5.41) is 5.19. The molecule has 0 bridgehead atoms. The van der Waals surface area contributed by atoms with Crippen LogP contribution in [0.1, 0.15) is 21.7 Å². The van der Waals surface area contributed by atoms with E-state index >= 15 is 0 Å². The number of carbonyl (C=O) groups is 1. The highest BCUT2D eigenvalue weighted by Gasteiger charge is 2.17. The lowest BCUT2D eigenvalue weighted by molar-refractivity contribution is 0.102. The Morgan fingerprint density at radius 2 is 2.26 bits per heavy atom. The molecule has 0 aliphatic carbocycles. The normalized spacial score (nSPS) is 10.8. The van der Waals surface area contributed by atoms with E-state index in [0.717, 1.165) is 11.2 Å². The molecule has 0 aliphatic heterocycles. The van der Waals surface area contributed by atoms with Crippen molar-refractivity contribution in [3.63, 3.8) is 0 Å². The lowest BCUT2D eigenvalue weighted by Gasteiger charge is -2.03. The molecule has 3 rings (SSSR count). The summed E-state index contributed by atoms with van der Waals surface area (Å²) < 4.78 is 1.81. The van der Waals surface area contributed by atoms with Crippen molar-refractivity contribution < 1.29 is 4.79 Å². The summed E-state index contributed by atoms with van der Waals surface area (Å²) in [6.45, 7) is 3.81. The highest BCUT2D eigenvalue weighted by atomic mass is 32.1. The van der Waals surface area contributed by atoms with Gasteiger partial charge in [-0.25, -0.2) is 9.97 Å². The van der Waals surface area contributed by atoms with Crippen molar-refractivity contribution in [2.45, 2.75) is 13.8 Å². The van der Waals surface area contributed by atoms with Crippen LogP contribution in [0.5, 0.6) is 0 Å². The summed E-state index contributed by atoms with van der Waals surface area (Å²) in [6.07, 6.45) is 3.50. The third kappa shape index (κ3) is 2.00. The summed E-state index contributed by atoms with van der Waals surface area (Å²) in [5.74, 6) is -0.189. The molecule has 19 heavy (non-hydrogen) atoms. The first-order valence-electron chi connectivity index (χ1n) is 5.82. The number of nitrogens with one attached hydrogen (secondary N) is 1. The number of imidazole rings is 1. The van der Waals surface area contributed by atoms with Crippen LogP contribution in [0, 0.1) is 13.8 Å². The molecule has 1 amide bonds. The topological polar surface area (TPSA) is 59.3 Å². The van der Waals surface area contributed by atoms with Gasteiger partial charge in [-0.3, -0.25) is 14.5 Å². The predicted molar refractivity (Wildman–Crippen MR) is 74.7 cm³/mol. The van der Waals surface area contributed by atoms with Crippen molar-refractivity contribution in [2.24, 2.45) is 0 Å². The molecule has 3 aromatic heterocycles. The number of hydrogen-bond donors (Lipinski definition) is 1. The second-order valence-corrected chi connectivity index (χ2v) is 5.12. The fourth-order valence-electron chi connectivity index (χ4n) is 2.03. The van der Waals surface area contributed by atoms with Gasteiger partial charge in [0.15, 0.2) is 5.13 Å². The van der Waals surface area contributed by atoms with E-state index in [1.807, 2.05) is 42.0 Å². The Balaban J connectivity index is 2.07. The lowest BCUT2D eigenvalue weighted by Crippen LogP contribution is -2.15. The first-order valence-corrected chi connectivity index (χ1v) is 6.70. The predicted octanol–water partition coefficient (Wildman–Crippen LogP) is 2.66. The van der Waals surface area contributed by atoms with Crippen molar-refractivity contribution in [3.8, 4) is 0 Å². The van der Waals surface area contributed by atoms with E-state index in [4.69, 9.17) is 0 Å². The van der Waals surface area contributed by atoms with Gasteiger partial charge in [-0.2, -0.15) is 0 Å². The van der Waals surface area contributed by atoms with E-state index in [2.05, 4.69) is 15.3 Å². The fraction of sp³-hybridized carbons (Fsp3) is 0.154. The van der Waals surface area contributed by atoms with Crippen molar-refractivity contribution in [1.82, 2.24) is 14.4 Å². The molecule has 1 N–H and O–H groups in total. The van der Waals surface area contributed by atoms with Crippen molar-refractivity contribution in [2.75, 3.05) is 5.32 Å². The Bertz CT molecular complexity index is 745. The number of rotatable bonds is 2. The second-order valence-electron chi connectivity index (χ2n) is 4.22. The molecule has 0 saturated carbocycles. The Morgan fingerprint density at radius 3 is 3.00 bits per heavy atom. The summed E-state index contributed by atoms with van der Waals surface area (Å²) in [4.78, 5) is 20.8. The average molecular weight is 272 g/mol. The average Bonchev–Trinajstić information content (AvgIpc) is 2.96. The van der Waals surface area contributed by atoms with Crippen molar-refractivity contribution >= 4 is 28.0 Å².